The summed E-state index contributed by atoms with van der Waals surface area (Å²) in [5.41, 5.74) is 1.48. The van der Waals surface area contributed by atoms with E-state index in [-0.39, 0.29) is 30.3 Å². The number of phenols is 1. The van der Waals surface area contributed by atoms with Crippen molar-refractivity contribution < 1.29 is 19.8 Å². The minimum absolute atomic E-state index is 0.0332. The first-order valence-corrected chi connectivity index (χ1v) is 6.27. The number of rotatable bonds is 5. The van der Waals surface area contributed by atoms with E-state index < -0.39 is 5.97 Å². The molecule has 1 heterocycles. The molecule has 0 aliphatic heterocycles. The molecule has 0 saturated carbocycles. The van der Waals surface area contributed by atoms with Crippen molar-refractivity contribution in [2.45, 2.75) is 13.0 Å². The van der Waals surface area contributed by atoms with Gasteiger partial charge in [0.15, 0.2) is 0 Å². The van der Waals surface area contributed by atoms with E-state index in [1.807, 2.05) is 0 Å². The van der Waals surface area contributed by atoms with Crippen LogP contribution in [0.25, 0.3) is 0 Å². The molecule has 0 fully saturated rings. The number of hydrogen-bond acceptors (Lipinski definition) is 4. The molecule has 0 aliphatic rings. The minimum atomic E-state index is -1.09. The molecule has 0 radical (unpaired) electrons. The highest BCUT2D eigenvalue weighted by Gasteiger charge is 2.06. The molecule has 0 aliphatic carbocycles. The van der Waals surface area contributed by atoms with Crippen LogP contribution in [0.5, 0.6) is 5.75 Å². The maximum absolute atomic E-state index is 11.8. The first-order valence-electron chi connectivity index (χ1n) is 6.27. The second kappa shape index (κ2) is 6.51. The van der Waals surface area contributed by atoms with E-state index in [2.05, 4.69) is 10.3 Å². The van der Waals surface area contributed by atoms with Gasteiger partial charge in [0.1, 0.15) is 11.4 Å². The summed E-state index contributed by atoms with van der Waals surface area (Å²) in [7, 11) is 0. The summed E-state index contributed by atoms with van der Waals surface area (Å²) in [6, 6.07) is 9.41. The molecule has 2 rings (SSSR count). The number of carboxylic acids is 1. The summed E-state index contributed by atoms with van der Waals surface area (Å²) in [6.45, 7) is 0.282. The Morgan fingerprint density at radius 1 is 1.05 bits per heavy atom. The Labute approximate surface area is 121 Å². The van der Waals surface area contributed by atoms with Crippen LogP contribution in [0.2, 0.25) is 0 Å². The van der Waals surface area contributed by atoms with Crippen molar-refractivity contribution in [1.82, 2.24) is 10.3 Å². The highest BCUT2D eigenvalue weighted by molar-refractivity contribution is 5.85. The van der Waals surface area contributed by atoms with E-state index in [1.54, 1.807) is 18.2 Å². The Hall–Kier alpha value is -2.89. The average molecular weight is 286 g/mol. The molecule has 6 heteroatoms. The number of carboxylic acid groups (broad SMARTS) is 1. The summed E-state index contributed by atoms with van der Waals surface area (Å²) < 4.78 is 0. The third-order valence-corrected chi connectivity index (χ3v) is 2.83. The van der Waals surface area contributed by atoms with Crippen LogP contribution < -0.4 is 5.32 Å². The summed E-state index contributed by atoms with van der Waals surface area (Å²) in [4.78, 5) is 26.2. The molecule has 2 aromatic rings. The Morgan fingerprint density at radius 2 is 1.71 bits per heavy atom. The van der Waals surface area contributed by atoms with Crippen LogP contribution in [0.1, 0.15) is 21.6 Å². The van der Waals surface area contributed by atoms with Crippen LogP contribution in [0, 0.1) is 0 Å². The van der Waals surface area contributed by atoms with E-state index in [1.165, 1.54) is 24.4 Å². The Balaban J connectivity index is 1.86. The van der Waals surface area contributed by atoms with Gasteiger partial charge in [0.25, 0.3) is 0 Å². The van der Waals surface area contributed by atoms with Gasteiger partial charge in [-0.05, 0) is 29.3 Å². The molecular weight excluding hydrogens is 272 g/mol. The fraction of sp³-hybridized carbons (Fsp3) is 0.133. The van der Waals surface area contributed by atoms with Gasteiger partial charge in [0.2, 0.25) is 5.91 Å². The number of carbonyl (C=O) groups is 2. The van der Waals surface area contributed by atoms with Gasteiger partial charge in [0.05, 0.1) is 6.42 Å². The van der Waals surface area contributed by atoms with E-state index in [4.69, 9.17) is 10.2 Å². The molecule has 3 N–H and O–H groups in total. The molecule has 0 bridgehead atoms. The number of benzene rings is 1. The molecule has 108 valence electrons. The number of carbonyl (C=O) groups excluding carboxylic acids is 1. The first kappa shape index (κ1) is 14.5. The number of nitrogens with one attached hydrogen (secondary N) is 1. The fourth-order valence-corrected chi connectivity index (χ4v) is 1.72. The zero-order valence-electron chi connectivity index (χ0n) is 11.1. The largest absolute Gasteiger partial charge is 0.508 e. The average Bonchev–Trinajstić information content (AvgIpc) is 2.48. The summed E-state index contributed by atoms with van der Waals surface area (Å²) in [5, 5.41) is 20.6. The zero-order chi connectivity index (χ0) is 15.2. The van der Waals surface area contributed by atoms with Crippen molar-refractivity contribution in [2.24, 2.45) is 0 Å². The number of aromatic carboxylic acids is 1. The minimum Gasteiger partial charge on any atom is -0.508 e. The van der Waals surface area contributed by atoms with Gasteiger partial charge in [-0.3, -0.25) is 4.79 Å². The molecule has 1 aromatic heterocycles. The predicted octanol–water partition coefficient (Wildman–Crippen LogP) is 1.34. The van der Waals surface area contributed by atoms with Crippen LogP contribution >= 0.6 is 0 Å². The van der Waals surface area contributed by atoms with Gasteiger partial charge in [-0.15, -0.1) is 0 Å². The lowest BCUT2D eigenvalue weighted by molar-refractivity contribution is -0.120. The number of phenolic OH excluding ortho intramolecular Hbond substituents is 1. The van der Waals surface area contributed by atoms with Gasteiger partial charge in [-0.1, -0.05) is 18.2 Å². The van der Waals surface area contributed by atoms with Crippen molar-refractivity contribution in [3.8, 4) is 5.75 Å². The third kappa shape index (κ3) is 4.31. The van der Waals surface area contributed by atoms with Crippen LogP contribution in [0.4, 0.5) is 0 Å². The first-order chi connectivity index (χ1) is 10.0. The molecule has 0 atom stereocenters. The molecule has 0 saturated heterocycles. The fourth-order valence-electron chi connectivity index (χ4n) is 1.72. The lowest BCUT2D eigenvalue weighted by Gasteiger charge is -2.06. The quantitative estimate of drug-likeness (QED) is 0.770. The van der Waals surface area contributed by atoms with Gasteiger partial charge in [-0.2, -0.15) is 0 Å². The number of aromatic hydroxyl groups is 1. The number of nitrogens with zero attached hydrogens (tertiary/aromatic N) is 1. The van der Waals surface area contributed by atoms with Crippen LogP contribution in [0.15, 0.2) is 42.6 Å². The van der Waals surface area contributed by atoms with Gasteiger partial charge < -0.3 is 15.5 Å². The molecule has 0 unspecified atom stereocenters. The standard InChI is InChI=1S/C15H14N2O4/c18-12-4-1-10(2-5-12)7-14(19)17-9-11-3-6-13(15(20)21)16-8-11/h1-6,8,18H,7,9H2,(H,17,19)(H,20,21). The lowest BCUT2D eigenvalue weighted by Crippen LogP contribution is -2.24. The van der Waals surface area contributed by atoms with Crippen molar-refractivity contribution >= 4 is 11.9 Å². The van der Waals surface area contributed by atoms with E-state index in [0.717, 1.165) is 11.1 Å². The van der Waals surface area contributed by atoms with E-state index in [0.29, 0.717) is 0 Å². The van der Waals surface area contributed by atoms with Gasteiger partial charge >= 0.3 is 5.97 Å². The summed E-state index contributed by atoms with van der Waals surface area (Å²) in [5.74, 6) is -1.09. The molecule has 21 heavy (non-hydrogen) atoms. The van der Waals surface area contributed by atoms with Crippen molar-refractivity contribution in [2.75, 3.05) is 0 Å². The Morgan fingerprint density at radius 3 is 2.29 bits per heavy atom. The predicted molar refractivity (Wildman–Crippen MR) is 74.9 cm³/mol. The number of amides is 1. The zero-order valence-corrected chi connectivity index (χ0v) is 11.1. The molecule has 0 spiro atoms. The SMILES string of the molecule is O=C(Cc1ccc(O)cc1)NCc1ccc(C(=O)O)nc1. The van der Waals surface area contributed by atoms with Crippen LogP contribution in [0.3, 0.4) is 0 Å². The summed E-state index contributed by atoms with van der Waals surface area (Å²) >= 11 is 0. The maximum atomic E-state index is 11.8. The molecular formula is C15H14N2O4. The Bertz CT molecular complexity index is 636. The highest BCUT2D eigenvalue weighted by atomic mass is 16.4. The number of aromatic nitrogens is 1. The number of pyridine rings is 1. The van der Waals surface area contributed by atoms with E-state index in [9.17, 15) is 9.59 Å². The maximum Gasteiger partial charge on any atom is 0.354 e. The van der Waals surface area contributed by atoms with E-state index >= 15 is 0 Å². The normalized spacial score (nSPS) is 10.1. The monoisotopic (exact) mass is 286 g/mol. The topological polar surface area (TPSA) is 99.5 Å². The third-order valence-electron chi connectivity index (χ3n) is 2.83. The summed E-state index contributed by atoms with van der Waals surface area (Å²) in [6.07, 6.45) is 1.63. The smallest absolute Gasteiger partial charge is 0.354 e. The second-order valence-corrected chi connectivity index (χ2v) is 4.48. The molecule has 6 nitrogen and oxygen atoms in total. The molecule has 1 amide bonds. The lowest BCUT2D eigenvalue weighted by atomic mass is 10.1. The molecule has 1 aromatic carbocycles. The highest BCUT2D eigenvalue weighted by Crippen LogP contribution is 2.10. The van der Waals surface area contributed by atoms with Crippen molar-refractivity contribution in [3.05, 3.63) is 59.4 Å². The van der Waals surface area contributed by atoms with Gasteiger partial charge in [-0.25, -0.2) is 9.78 Å². The van der Waals surface area contributed by atoms with Crippen molar-refractivity contribution in [1.29, 1.82) is 0 Å². The Kier molecular flexibility index (Phi) is 4.50. The van der Waals surface area contributed by atoms with Crippen LogP contribution in [-0.4, -0.2) is 27.1 Å². The van der Waals surface area contributed by atoms with Crippen LogP contribution in [-0.2, 0) is 17.8 Å². The number of hydrogen-bond donors (Lipinski definition) is 3. The van der Waals surface area contributed by atoms with Crippen molar-refractivity contribution in [3.63, 3.8) is 0 Å². The second-order valence-electron chi connectivity index (χ2n) is 4.48. The van der Waals surface area contributed by atoms with Gasteiger partial charge in [0, 0.05) is 12.7 Å².